The van der Waals surface area contributed by atoms with Crippen LogP contribution in [-0.4, -0.2) is 23.9 Å². The van der Waals surface area contributed by atoms with Crippen LogP contribution in [0.4, 0.5) is 5.69 Å². The first-order valence-corrected chi connectivity index (χ1v) is 9.73. The van der Waals surface area contributed by atoms with E-state index in [1.807, 2.05) is 37.3 Å². The van der Waals surface area contributed by atoms with Crippen molar-refractivity contribution in [1.82, 2.24) is 4.90 Å². The van der Waals surface area contributed by atoms with Gasteiger partial charge in [-0.05, 0) is 57.0 Å². The highest BCUT2D eigenvalue weighted by molar-refractivity contribution is 6.35. The summed E-state index contributed by atoms with van der Waals surface area (Å²) in [5.74, 6) is 0.0672. The van der Waals surface area contributed by atoms with Gasteiger partial charge >= 0.3 is 0 Å². The van der Waals surface area contributed by atoms with E-state index in [-0.39, 0.29) is 11.8 Å². The van der Waals surface area contributed by atoms with Crippen LogP contribution >= 0.6 is 23.2 Å². The van der Waals surface area contributed by atoms with Crippen molar-refractivity contribution in [2.24, 2.45) is 5.92 Å². The first-order valence-electron chi connectivity index (χ1n) is 8.97. The number of benzene rings is 2. The molecular weight excluding hydrogens is 367 g/mol. The number of likely N-dealkylation sites (tertiary alicyclic amines) is 1. The van der Waals surface area contributed by atoms with E-state index in [1.165, 1.54) is 5.56 Å². The topological polar surface area (TPSA) is 32.3 Å². The van der Waals surface area contributed by atoms with Gasteiger partial charge in [-0.1, -0.05) is 47.0 Å². The van der Waals surface area contributed by atoms with Gasteiger partial charge in [0.25, 0.3) is 0 Å². The van der Waals surface area contributed by atoms with Crippen molar-refractivity contribution in [2.45, 2.75) is 33.2 Å². The summed E-state index contributed by atoms with van der Waals surface area (Å²) >= 11 is 12.6. The molecule has 0 radical (unpaired) electrons. The number of carbonyl (C=O) groups excluding carboxylic acids is 1. The summed E-state index contributed by atoms with van der Waals surface area (Å²) in [6, 6.07) is 11.7. The molecule has 0 aromatic heterocycles. The van der Waals surface area contributed by atoms with Gasteiger partial charge in [0, 0.05) is 34.4 Å². The number of piperidine rings is 1. The van der Waals surface area contributed by atoms with Crippen LogP contribution in [-0.2, 0) is 11.3 Å². The Morgan fingerprint density at radius 1 is 1.19 bits per heavy atom. The maximum Gasteiger partial charge on any atom is 0.228 e. The average molecular weight is 391 g/mol. The molecule has 0 spiro atoms. The predicted octanol–water partition coefficient (Wildman–Crippen LogP) is 5.46. The molecule has 2 aromatic rings. The van der Waals surface area contributed by atoms with Crippen molar-refractivity contribution in [3.63, 3.8) is 0 Å². The zero-order valence-electron chi connectivity index (χ0n) is 15.2. The highest BCUT2D eigenvalue weighted by atomic mass is 35.5. The summed E-state index contributed by atoms with van der Waals surface area (Å²) < 4.78 is 0. The van der Waals surface area contributed by atoms with Crippen LogP contribution in [0.2, 0.25) is 10.0 Å². The second kappa shape index (κ2) is 8.43. The monoisotopic (exact) mass is 390 g/mol. The predicted molar refractivity (Wildman–Crippen MR) is 109 cm³/mol. The molecule has 5 heteroatoms. The molecule has 3 nitrogen and oxygen atoms in total. The van der Waals surface area contributed by atoms with Gasteiger partial charge in [-0.25, -0.2) is 0 Å². The van der Waals surface area contributed by atoms with Gasteiger partial charge < -0.3 is 5.32 Å². The van der Waals surface area contributed by atoms with E-state index in [4.69, 9.17) is 23.2 Å². The third-order valence-corrected chi connectivity index (χ3v) is 5.67. The standard InChI is InChI=1S/C21H24Cl2N2O/c1-14-8-9-20(15(2)11-14)24-21(26)16-5-4-10-25(12-16)13-17-18(22)6-3-7-19(17)23/h3,6-9,11,16H,4-5,10,12-13H2,1-2H3,(H,24,26)/t16-/m1/s1. The van der Waals surface area contributed by atoms with Crippen molar-refractivity contribution < 1.29 is 4.79 Å². The lowest BCUT2D eigenvalue weighted by atomic mass is 9.96. The molecule has 3 rings (SSSR count). The summed E-state index contributed by atoms with van der Waals surface area (Å²) in [6.45, 7) is 6.42. The van der Waals surface area contributed by atoms with Crippen LogP contribution in [0.1, 0.15) is 29.5 Å². The summed E-state index contributed by atoms with van der Waals surface area (Å²) in [5, 5.41) is 4.46. The first kappa shape index (κ1) is 19.2. The number of aryl methyl sites for hydroxylation is 2. The molecule has 0 unspecified atom stereocenters. The lowest BCUT2D eigenvalue weighted by molar-refractivity contribution is -0.121. The van der Waals surface area contributed by atoms with Crippen molar-refractivity contribution in [3.8, 4) is 0 Å². The Labute approximate surface area is 165 Å². The van der Waals surface area contributed by atoms with Crippen molar-refractivity contribution in [2.75, 3.05) is 18.4 Å². The Hall–Kier alpha value is -1.55. The summed E-state index contributed by atoms with van der Waals surface area (Å²) in [6.07, 6.45) is 1.90. The van der Waals surface area contributed by atoms with Crippen LogP contribution in [0, 0.1) is 19.8 Å². The Morgan fingerprint density at radius 2 is 1.92 bits per heavy atom. The largest absolute Gasteiger partial charge is 0.326 e. The molecule has 1 fully saturated rings. The van der Waals surface area contributed by atoms with E-state index < -0.39 is 0 Å². The normalized spacial score (nSPS) is 17.9. The highest BCUT2D eigenvalue weighted by Crippen LogP contribution is 2.28. The minimum Gasteiger partial charge on any atom is -0.326 e. The molecule has 1 atom stereocenters. The molecule has 1 aliphatic rings. The van der Waals surface area contributed by atoms with Gasteiger partial charge in [0.1, 0.15) is 0 Å². The number of nitrogens with zero attached hydrogens (tertiary/aromatic N) is 1. The summed E-state index contributed by atoms with van der Waals surface area (Å²) in [4.78, 5) is 15.0. The SMILES string of the molecule is Cc1ccc(NC(=O)[C@@H]2CCCN(Cc3c(Cl)cccc3Cl)C2)c(C)c1. The molecule has 0 saturated carbocycles. The number of carbonyl (C=O) groups is 1. The van der Waals surface area contributed by atoms with E-state index in [0.29, 0.717) is 16.6 Å². The van der Waals surface area contributed by atoms with Gasteiger partial charge in [0.2, 0.25) is 5.91 Å². The Balaban J connectivity index is 1.65. The van der Waals surface area contributed by atoms with E-state index in [9.17, 15) is 4.79 Å². The maximum absolute atomic E-state index is 12.7. The molecule has 138 valence electrons. The number of halogens is 2. The first-order chi connectivity index (χ1) is 12.4. The molecule has 0 bridgehead atoms. The summed E-state index contributed by atoms with van der Waals surface area (Å²) in [7, 11) is 0. The molecule has 1 N–H and O–H groups in total. The van der Waals surface area contributed by atoms with Crippen LogP contribution in [0.15, 0.2) is 36.4 Å². The number of hydrogen-bond acceptors (Lipinski definition) is 2. The minimum absolute atomic E-state index is 0.0225. The Morgan fingerprint density at radius 3 is 2.62 bits per heavy atom. The fourth-order valence-corrected chi connectivity index (χ4v) is 4.03. The van der Waals surface area contributed by atoms with Crippen LogP contribution in [0.5, 0.6) is 0 Å². The Kier molecular flexibility index (Phi) is 6.23. The molecule has 2 aromatic carbocycles. The second-order valence-corrected chi connectivity index (χ2v) is 7.90. The fourth-order valence-electron chi connectivity index (χ4n) is 3.51. The molecular formula is C21H24Cl2N2O. The van der Waals surface area contributed by atoms with Gasteiger partial charge in [-0.2, -0.15) is 0 Å². The lowest BCUT2D eigenvalue weighted by Crippen LogP contribution is -2.40. The smallest absolute Gasteiger partial charge is 0.228 e. The molecule has 1 amide bonds. The summed E-state index contributed by atoms with van der Waals surface area (Å²) in [5.41, 5.74) is 4.12. The lowest BCUT2D eigenvalue weighted by Gasteiger charge is -2.32. The van der Waals surface area contributed by atoms with E-state index in [2.05, 4.69) is 23.2 Å². The zero-order chi connectivity index (χ0) is 18.7. The molecule has 0 aliphatic carbocycles. The van der Waals surface area contributed by atoms with Crippen LogP contribution in [0.3, 0.4) is 0 Å². The van der Waals surface area contributed by atoms with E-state index >= 15 is 0 Å². The van der Waals surface area contributed by atoms with Crippen molar-refractivity contribution in [1.29, 1.82) is 0 Å². The Bertz CT molecular complexity index is 786. The molecule has 1 aliphatic heterocycles. The molecule has 1 heterocycles. The fraction of sp³-hybridized carbons (Fsp3) is 0.381. The number of hydrogen-bond donors (Lipinski definition) is 1. The van der Waals surface area contributed by atoms with E-state index in [0.717, 1.165) is 42.7 Å². The van der Waals surface area contributed by atoms with Gasteiger partial charge in [-0.15, -0.1) is 0 Å². The number of anilines is 1. The van der Waals surface area contributed by atoms with E-state index in [1.54, 1.807) is 0 Å². The quantitative estimate of drug-likeness (QED) is 0.751. The minimum atomic E-state index is -0.0225. The van der Waals surface area contributed by atoms with Crippen molar-refractivity contribution >= 4 is 34.8 Å². The highest BCUT2D eigenvalue weighted by Gasteiger charge is 2.26. The average Bonchev–Trinajstić information content (AvgIpc) is 2.61. The second-order valence-electron chi connectivity index (χ2n) is 7.08. The van der Waals surface area contributed by atoms with Crippen LogP contribution in [0.25, 0.3) is 0 Å². The third-order valence-electron chi connectivity index (χ3n) is 4.96. The van der Waals surface area contributed by atoms with Crippen molar-refractivity contribution in [3.05, 3.63) is 63.1 Å². The number of nitrogens with one attached hydrogen (secondary N) is 1. The molecule has 26 heavy (non-hydrogen) atoms. The van der Waals surface area contributed by atoms with Gasteiger partial charge in [0.15, 0.2) is 0 Å². The third kappa shape index (κ3) is 4.59. The zero-order valence-corrected chi connectivity index (χ0v) is 16.7. The van der Waals surface area contributed by atoms with Gasteiger partial charge in [0.05, 0.1) is 5.92 Å². The van der Waals surface area contributed by atoms with Crippen LogP contribution < -0.4 is 5.32 Å². The number of rotatable bonds is 4. The maximum atomic E-state index is 12.7. The van der Waals surface area contributed by atoms with Gasteiger partial charge in [-0.3, -0.25) is 9.69 Å². The number of amides is 1. The molecule has 1 saturated heterocycles.